The lowest BCUT2D eigenvalue weighted by molar-refractivity contribution is -0.129. The van der Waals surface area contributed by atoms with Crippen molar-refractivity contribution in [3.63, 3.8) is 0 Å². The number of nitrogens with zero attached hydrogens (tertiary/aromatic N) is 4. The number of amides is 1. The maximum absolute atomic E-state index is 12.8. The minimum absolute atomic E-state index is 0.115. The lowest BCUT2D eigenvalue weighted by Crippen LogP contribution is -2.44. The number of carbonyl (C=O) groups is 1. The molecule has 2 aromatic rings. The standard InChI is InChI=1S/C21H26N4O3/c1-14(2)25-20(28)19(27)24-13-21(11-17(24)22-25)8-9-23(12-21)18(26)10-16-7-5-4-6-15(16)3/h4-7,14H,8-13H2,1-3H3/t21-/m0/s1. The maximum atomic E-state index is 12.8. The molecule has 7 heteroatoms. The summed E-state index contributed by atoms with van der Waals surface area (Å²) >= 11 is 0. The molecule has 2 aliphatic rings. The molecule has 0 radical (unpaired) electrons. The van der Waals surface area contributed by atoms with Crippen LogP contribution in [0.2, 0.25) is 0 Å². The van der Waals surface area contributed by atoms with Crippen LogP contribution in [0.1, 0.15) is 43.3 Å². The molecule has 28 heavy (non-hydrogen) atoms. The van der Waals surface area contributed by atoms with Crippen LogP contribution in [0.3, 0.4) is 0 Å². The van der Waals surface area contributed by atoms with E-state index in [4.69, 9.17) is 0 Å². The van der Waals surface area contributed by atoms with Gasteiger partial charge >= 0.3 is 11.1 Å². The highest BCUT2D eigenvalue weighted by Crippen LogP contribution is 2.39. The highest BCUT2D eigenvalue weighted by atomic mass is 16.2. The van der Waals surface area contributed by atoms with Gasteiger partial charge in [0, 0.05) is 31.5 Å². The molecule has 0 N–H and O–H groups in total. The van der Waals surface area contributed by atoms with E-state index >= 15 is 0 Å². The Balaban J connectivity index is 1.53. The molecule has 148 valence electrons. The Labute approximate surface area is 163 Å². The largest absolute Gasteiger partial charge is 0.342 e. The minimum atomic E-state index is -0.568. The van der Waals surface area contributed by atoms with Crippen molar-refractivity contribution in [3.8, 4) is 0 Å². The van der Waals surface area contributed by atoms with Crippen LogP contribution in [-0.4, -0.2) is 38.2 Å². The van der Waals surface area contributed by atoms with Crippen LogP contribution in [0.5, 0.6) is 0 Å². The zero-order valence-corrected chi connectivity index (χ0v) is 16.6. The monoisotopic (exact) mass is 382 g/mol. The van der Waals surface area contributed by atoms with Crippen LogP contribution < -0.4 is 11.1 Å². The van der Waals surface area contributed by atoms with E-state index in [0.717, 1.165) is 17.5 Å². The van der Waals surface area contributed by atoms with Crippen molar-refractivity contribution in [2.24, 2.45) is 5.41 Å². The van der Waals surface area contributed by atoms with E-state index in [1.807, 2.05) is 49.9 Å². The zero-order chi connectivity index (χ0) is 20.1. The Hall–Kier alpha value is -2.70. The third-order valence-corrected chi connectivity index (χ3v) is 6.08. The van der Waals surface area contributed by atoms with Crippen molar-refractivity contribution < 1.29 is 4.79 Å². The number of hydrogen-bond acceptors (Lipinski definition) is 4. The molecule has 1 aromatic carbocycles. The third kappa shape index (κ3) is 3.08. The van der Waals surface area contributed by atoms with Gasteiger partial charge in [0.05, 0.1) is 12.5 Å². The number of rotatable bonds is 3. The normalized spacial score (nSPS) is 20.9. The predicted molar refractivity (Wildman–Crippen MR) is 105 cm³/mol. The SMILES string of the molecule is Cc1ccccc1CC(=O)N1CC[C@]2(Cc3nn(C(C)C)c(=O)c(=O)n3C2)C1. The number of hydrogen-bond donors (Lipinski definition) is 0. The molecular weight excluding hydrogens is 356 g/mol. The van der Waals surface area contributed by atoms with Gasteiger partial charge in [0.1, 0.15) is 5.82 Å². The Morgan fingerprint density at radius 3 is 2.64 bits per heavy atom. The van der Waals surface area contributed by atoms with Gasteiger partial charge in [0.25, 0.3) is 0 Å². The summed E-state index contributed by atoms with van der Waals surface area (Å²) in [6.45, 7) is 7.47. The van der Waals surface area contributed by atoms with Gasteiger partial charge in [0.2, 0.25) is 5.91 Å². The number of aromatic nitrogens is 3. The number of likely N-dealkylation sites (tertiary alicyclic amines) is 1. The van der Waals surface area contributed by atoms with E-state index in [1.165, 1.54) is 9.25 Å². The molecule has 0 saturated carbocycles. The van der Waals surface area contributed by atoms with Crippen LogP contribution in [0.4, 0.5) is 0 Å². The van der Waals surface area contributed by atoms with Crippen LogP contribution in [-0.2, 0) is 24.2 Å². The van der Waals surface area contributed by atoms with E-state index in [1.54, 1.807) is 0 Å². The van der Waals surface area contributed by atoms with Crippen molar-refractivity contribution in [2.75, 3.05) is 13.1 Å². The molecule has 1 atom stereocenters. The first kappa shape index (κ1) is 18.7. The summed E-state index contributed by atoms with van der Waals surface area (Å²) < 4.78 is 2.81. The number of fused-ring (bicyclic) bond motifs is 1. The van der Waals surface area contributed by atoms with Gasteiger partial charge in [-0.3, -0.25) is 19.0 Å². The molecule has 7 nitrogen and oxygen atoms in total. The molecule has 1 fully saturated rings. The Morgan fingerprint density at radius 1 is 1.18 bits per heavy atom. The average Bonchev–Trinajstić information content (AvgIpc) is 3.23. The van der Waals surface area contributed by atoms with Crippen molar-refractivity contribution in [3.05, 3.63) is 61.9 Å². The van der Waals surface area contributed by atoms with Crippen molar-refractivity contribution in [1.82, 2.24) is 19.2 Å². The lowest BCUT2D eigenvalue weighted by Gasteiger charge is -2.23. The molecule has 0 unspecified atom stereocenters. The summed E-state index contributed by atoms with van der Waals surface area (Å²) in [5, 5.41) is 4.45. The highest BCUT2D eigenvalue weighted by Gasteiger charge is 2.46. The Morgan fingerprint density at radius 2 is 1.93 bits per heavy atom. The fourth-order valence-corrected chi connectivity index (χ4v) is 4.43. The fourth-order valence-electron chi connectivity index (χ4n) is 4.43. The molecule has 1 amide bonds. The second-order valence-electron chi connectivity index (χ2n) is 8.50. The lowest BCUT2D eigenvalue weighted by atomic mass is 9.86. The quantitative estimate of drug-likeness (QED) is 0.750. The number of aryl methyl sites for hydroxylation is 1. The highest BCUT2D eigenvalue weighted by molar-refractivity contribution is 5.79. The van der Waals surface area contributed by atoms with Gasteiger partial charge in [0.15, 0.2) is 0 Å². The summed E-state index contributed by atoms with van der Waals surface area (Å²) in [6.07, 6.45) is 1.85. The second kappa shape index (κ2) is 6.72. The Kier molecular flexibility index (Phi) is 4.48. The summed E-state index contributed by atoms with van der Waals surface area (Å²) in [4.78, 5) is 39.5. The van der Waals surface area contributed by atoms with Crippen LogP contribution in [0.15, 0.2) is 33.9 Å². The van der Waals surface area contributed by atoms with Gasteiger partial charge in [-0.05, 0) is 38.3 Å². The Bertz CT molecular complexity index is 1050. The predicted octanol–water partition coefficient (Wildman–Crippen LogP) is 1.31. The average molecular weight is 382 g/mol. The van der Waals surface area contributed by atoms with Gasteiger partial charge in [-0.15, -0.1) is 0 Å². The smallest absolute Gasteiger partial charge is 0.332 e. The van der Waals surface area contributed by atoms with E-state index in [9.17, 15) is 14.4 Å². The fraction of sp³-hybridized carbons (Fsp3) is 0.524. The first-order valence-electron chi connectivity index (χ1n) is 9.84. The van der Waals surface area contributed by atoms with E-state index in [0.29, 0.717) is 38.3 Å². The summed E-state index contributed by atoms with van der Waals surface area (Å²) in [5.74, 6) is 0.774. The molecule has 2 aliphatic heterocycles. The van der Waals surface area contributed by atoms with Crippen LogP contribution >= 0.6 is 0 Å². The molecule has 1 aromatic heterocycles. The van der Waals surface area contributed by atoms with Gasteiger partial charge in [-0.1, -0.05) is 24.3 Å². The molecule has 0 bridgehead atoms. The first-order chi connectivity index (χ1) is 13.3. The number of carbonyl (C=O) groups excluding carboxylic acids is 1. The molecule has 0 aliphatic carbocycles. The zero-order valence-electron chi connectivity index (χ0n) is 16.6. The third-order valence-electron chi connectivity index (χ3n) is 6.08. The van der Waals surface area contributed by atoms with Crippen LogP contribution in [0, 0.1) is 12.3 Å². The molecular formula is C21H26N4O3. The molecule has 1 saturated heterocycles. The van der Waals surface area contributed by atoms with Crippen molar-refractivity contribution >= 4 is 5.91 Å². The van der Waals surface area contributed by atoms with E-state index in [-0.39, 0.29) is 17.4 Å². The second-order valence-corrected chi connectivity index (χ2v) is 8.50. The first-order valence-corrected chi connectivity index (χ1v) is 9.84. The molecule has 4 rings (SSSR count). The van der Waals surface area contributed by atoms with E-state index in [2.05, 4.69) is 5.10 Å². The van der Waals surface area contributed by atoms with Gasteiger partial charge in [-0.2, -0.15) is 5.10 Å². The maximum Gasteiger partial charge on any atom is 0.332 e. The topological polar surface area (TPSA) is 77.2 Å². The number of benzene rings is 1. The van der Waals surface area contributed by atoms with Crippen molar-refractivity contribution in [1.29, 1.82) is 0 Å². The minimum Gasteiger partial charge on any atom is -0.342 e. The van der Waals surface area contributed by atoms with Crippen LogP contribution in [0.25, 0.3) is 0 Å². The summed E-state index contributed by atoms with van der Waals surface area (Å²) in [7, 11) is 0. The summed E-state index contributed by atoms with van der Waals surface area (Å²) in [5.41, 5.74) is 0.912. The molecule has 1 spiro atoms. The van der Waals surface area contributed by atoms with E-state index < -0.39 is 11.1 Å². The summed E-state index contributed by atoms with van der Waals surface area (Å²) in [6, 6.07) is 7.79. The van der Waals surface area contributed by atoms with Gasteiger partial charge in [-0.25, -0.2) is 4.68 Å². The van der Waals surface area contributed by atoms with Gasteiger partial charge < -0.3 is 4.90 Å². The molecule has 3 heterocycles. The van der Waals surface area contributed by atoms with Crippen molar-refractivity contribution in [2.45, 2.75) is 52.6 Å².